The van der Waals surface area contributed by atoms with Crippen molar-refractivity contribution in [2.24, 2.45) is 4.99 Å². The van der Waals surface area contributed by atoms with E-state index in [0.717, 1.165) is 32.3 Å². The Hall–Kier alpha value is -5.35. The fourth-order valence-electron chi connectivity index (χ4n) is 5.88. The van der Waals surface area contributed by atoms with Crippen LogP contribution in [-0.2, 0) is 4.74 Å². The van der Waals surface area contributed by atoms with Crippen molar-refractivity contribution in [3.8, 4) is 11.8 Å². The molecule has 1 aliphatic rings. The molecule has 0 bridgehead atoms. The third-order valence-corrected chi connectivity index (χ3v) is 7.93. The lowest BCUT2D eigenvalue weighted by atomic mass is 9.92. The first-order chi connectivity index (χ1) is 21.8. The van der Waals surface area contributed by atoms with Crippen LogP contribution in [0.15, 0.2) is 64.4 Å². The summed E-state index contributed by atoms with van der Waals surface area (Å²) in [7, 11) is 3.56. The van der Waals surface area contributed by atoms with Gasteiger partial charge in [-0.2, -0.15) is 4.98 Å². The molecule has 45 heavy (non-hydrogen) atoms. The van der Waals surface area contributed by atoms with E-state index in [9.17, 15) is 19.8 Å². The summed E-state index contributed by atoms with van der Waals surface area (Å²) in [6.07, 6.45) is -0.922. The summed E-state index contributed by atoms with van der Waals surface area (Å²) in [6.45, 7) is -0.383. The Kier molecular flexibility index (Phi) is 7.13. The molecule has 4 N–H and O–H groups in total. The molecule has 7 rings (SSSR count). The van der Waals surface area contributed by atoms with Gasteiger partial charge in [0.2, 0.25) is 5.95 Å². The maximum atomic E-state index is 13.4. The maximum Gasteiger partial charge on any atom is 0.280 e. The average Bonchev–Trinajstić information content (AvgIpc) is 3.60. The lowest BCUT2D eigenvalue weighted by Gasteiger charge is -2.15. The van der Waals surface area contributed by atoms with Gasteiger partial charge in [-0.05, 0) is 44.3 Å². The average molecular weight is 604 g/mol. The number of aromatic nitrogens is 4. The van der Waals surface area contributed by atoms with Crippen LogP contribution in [0.5, 0.6) is 0 Å². The van der Waals surface area contributed by atoms with Crippen molar-refractivity contribution in [1.29, 1.82) is 0 Å². The summed E-state index contributed by atoms with van der Waals surface area (Å²) < 4.78 is 7.39. The van der Waals surface area contributed by atoms with E-state index in [2.05, 4.69) is 61.4 Å². The number of aliphatic hydroxyl groups is 2. The Morgan fingerprint density at radius 2 is 1.87 bits per heavy atom. The smallest absolute Gasteiger partial charge is 0.280 e. The highest BCUT2D eigenvalue weighted by Crippen LogP contribution is 2.36. The van der Waals surface area contributed by atoms with Gasteiger partial charge in [0.15, 0.2) is 17.0 Å². The van der Waals surface area contributed by atoms with Gasteiger partial charge < -0.3 is 25.2 Å². The number of aliphatic imine (C=N–C) groups is 1. The largest absolute Gasteiger partial charge is 0.394 e. The number of ether oxygens (including phenoxy) is 1. The number of carbonyl (C=O) groups is 1. The SMILES string of the molecule is CN(C)/C=N/c1nc2c(nc(C#CCNC(=O)c3ccc4ccc5cccc6ccc3c4c56)n2[C@H]2C[C@H](O)[C@@H](CO)O2)c(=O)[nH]1. The molecule has 12 heteroatoms. The van der Waals surface area contributed by atoms with Crippen molar-refractivity contribution >= 4 is 61.7 Å². The number of aromatic amines is 1. The second kappa shape index (κ2) is 11.3. The predicted octanol–water partition coefficient (Wildman–Crippen LogP) is 2.66. The fraction of sp³-hybridized carbons (Fsp3) is 0.242. The van der Waals surface area contributed by atoms with Crippen LogP contribution in [0.2, 0.25) is 0 Å². The minimum Gasteiger partial charge on any atom is -0.394 e. The summed E-state index contributed by atoms with van der Waals surface area (Å²) in [5, 5.41) is 29.2. The number of H-pyrrole nitrogens is 1. The lowest BCUT2D eigenvalue weighted by Crippen LogP contribution is -2.24. The van der Waals surface area contributed by atoms with Crippen molar-refractivity contribution in [1.82, 2.24) is 29.7 Å². The number of nitrogens with zero attached hydrogens (tertiary/aromatic N) is 5. The zero-order chi connectivity index (χ0) is 31.2. The molecule has 1 amide bonds. The molecule has 2 aromatic heterocycles. The molecule has 0 saturated carbocycles. The monoisotopic (exact) mass is 603 g/mol. The van der Waals surface area contributed by atoms with Gasteiger partial charge in [-0.3, -0.25) is 19.1 Å². The number of benzene rings is 4. The second-order valence-electron chi connectivity index (χ2n) is 11.1. The topological polar surface area (TPSA) is 158 Å². The fourth-order valence-corrected chi connectivity index (χ4v) is 5.88. The summed E-state index contributed by atoms with van der Waals surface area (Å²) in [4.78, 5) is 43.7. The molecule has 0 spiro atoms. The molecule has 4 aromatic carbocycles. The van der Waals surface area contributed by atoms with E-state index in [4.69, 9.17) is 4.74 Å². The first-order valence-corrected chi connectivity index (χ1v) is 14.4. The molecule has 3 atom stereocenters. The number of carbonyl (C=O) groups excluding carboxylic acids is 1. The standard InChI is InChI=1S/C33H29N7O5/c1-39(2)17-35-33-37-30-29(32(44)38-33)36-25(40(30)26-15-23(42)24(16-41)45-26)7-4-14-34-31(43)22-13-11-20-9-8-18-5-3-6-19-10-12-21(22)28(20)27(18)19/h3,5-6,8-13,17,23-24,26,41-42H,14-16H2,1-2H3,(H,34,43)(H,37,38,44)/b35-17+/t23-,24+,26+/m0/s1. The number of amides is 1. The lowest BCUT2D eigenvalue weighted by molar-refractivity contribution is -0.0434. The minimum atomic E-state index is -0.934. The van der Waals surface area contributed by atoms with E-state index >= 15 is 0 Å². The van der Waals surface area contributed by atoms with Crippen LogP contribution in [0.25, 0.3) is 43.5 Å². The Labute approximate surface area is 256 Å². The van der Waals surface area contributed by atoms with E-state index in [1.165, 1.54) is 10.9 Å². The number of fused-ring (bicyclic) bond motifs is 1. The highest BCUT2D eigenvalue weighted by molar-refractivity contribution is 6.26. The molecule has 0 aliphatic carbocycles. The summed E-state index contributed by atoms with van der Waals surface area (Å²) in [5.74, 6) is 5.80. The summed E-state index contributed by atoms with van der Waals surface area (Å²) in [5.41, 5.74) is 0.209. The number of hydrogen-bond acceptors (Lipinski definition) is 8. The Morgan fingerprint density at radius 3 is 2.60 bits per heavy atom. The summed E-state index contributed by atoms with van der Waals surface area (Å²) in [6, 6.07) is 18.1. The van der Waals surface area contributed by atoms with Crippen LogP contribution >= 0.6 is 0 Å². The van der Waals surface area contributed by atoms with Gasteiger partial charge >= 0.3 is 0 Å². The third kappa shape index (κ3) is 5.02. The van der Waals surface area contributed by atoms with Crippen molar-refractivity contribution < 1.29 is 19.7 Å². The zero-order valence-electron chi connectivity index (χ0n) is 24.5. The normalized spacial score (nSPS) is 18.4. The Morgan fingerprint density at radius 1 is 1.13 bits per heavy atom. The highest BCUT2D eigenvalue weighted by atomic mass is 16.5. The summed E-state index contributed by atoms with van der Waals surface area (Å²) >= 11 is 0. The van der Waals surface area contributed by atoms with Crippen molar-refractivity contribution in [2.45, 2.75) is 24.9 Å². The van der Waals surface area contributed by atoms with Crippen molar-refractivity contribution in [3.05, 3.63) is 76.3 Å². The van der Waals surface area contributed by atoms with E-state index in [-0.39, 0.29) is 48.4 Å². The number of aliphatic hydroxyl groups excluding tert-OH is 2. The van der Waals surface area contributed by atoms with Crippen LogP contribution in [0.4, 0.5) is 5.95 Å². The minimum absolute atomic E-state index is 0.000402. The van der Waals surface area contributed by atoms with E-state index in [1.54, 1.807) is 19.0 Å². The first-order valence-electron chi connectivity index (χ1n) is 14.4. The van der Waals surface area contributed by atoms with E-state index in [1.807, 2.05) is 30.3 Å². The molecular formula is C33H29N7O5. The number of nitrogens with one attached hydrogen (secondary N) is 2. The molecule has 12 nitrogen and oxygen atoms in total. The number of hydrogen-bond donors (Lipinski definition) is 4. The van der Waals surface area contributed by atoms with Gasteiger partial charge in [0.1, 0.15) is 12.3 Å². The highest BCUT2D eigenvalue weighted by Gasteiger charge is 2.37. The third-order valence-electron chi connectivity index (χ3n) is 7.93. The van der Waals surface area contributed by atoms with Gasteiger partial charge in [0, 0.05) is 26.1 Å². The molecule has 0 unspecified atom stereocenters. The number of rotatable bonds is 6. The zero-order valence-corrected chi connectivity index (χ0v) is 24.5. The van der Waals surface area contributed by atoms with Crippen LogP contribution in [0, 0.1) is 11.8 Å². The van der Waals surface area contributed by atoms with Crippen LogP contribution in [0.1, 0.15) is 28.8 Å². The molecule has 1 fully saturated rings. The molecule has 1 aliphatic heterocycles. The van der Waals surface area contributed by atoms with Gasteiger partial charge in [-0.1, -0.05) is 54.5 Å². The van der Waals surface area contributed by atoms with Gasteiger partial charge in [0.25, 0.3) is 11.5 Å². The Balaban J connectivity index is 1.21. The van der Waals surface area contributed by atoms with E-state index < -0.39 is 24.0 Å². The predicted molar refractivity (Wildman–Crippen MR) is 171 cm³/mol. The van der Waals surface area contributed by atoms with Crippen molar-refractivity contribution in [3.63, 3.8) is 0 Å². The first kappa shape index (κ1) is 28.4. The molecular weight excluding hydrogens is 574 g/mol. The molecule has 6 aromatic rings. The van der Waals surface area contributed by atoms with Gasteiger partial charge in [0.05, 0.1) is 25.6 Å². The van der Waals surface area contributed by atoms with Crippen LogP contribution < -0.4 is 10.9 Å². The van der Waals surface area contributed by atoms with E-state index in [0.29, 0.717) is 5.56 Å². The molecule has 3 heterocycles. The van der Waals surface area contributed by atoms with Gasteiger partial charge in [-0.15, -0.1) is 0 Å². The molecule has 0 radical (unpaired) electrons. The second-order valence-corrected chi connectivity index (χ2v) is 11.1. The maximum absolute atomic E-state index is 13.4. The van der Waals surface area contributed by atoms with Crippen LogP contribution in [-0.4, -0.2) is 86.3 Å². The van der Waals surface area contributed by atoms with Gasteiger partial charge in [-0.25, -0.2) is 9.98 Å². The molecule has 226 valence electrons. The molecule has 1 saturated heterocycles. The Bertz CT molecular complexity index is 2230. The van der Waals surface area contributed by atoms with Crippen LogP contribution in [0.3, 0.4) is 0 Å². The quantitative estimate of drug-likeness (QED) is 0.0980. The number of imidazole rings is 1. The van der Waals surface area contributed by atoms with Crippen molar-refractivity contribution in [2.75, 3.05) is 27.2 Å².